The highest BCUT2D eigenvalue weighted by molar-refractivity contribution is 5.24. The Labute approximate surface area is 116 Å². The van der Waals surface area contributed by atoms with E-state index in [2.05, 4.69) is 22.3 Å². The molecule has 0 bridgehead atoms. The van der Waals surface area contributed by atoms with Gasteiger partial charge in [-0.2, -0.15) is 0 Å². The Morgan fingerprint density at radius 2 is 2.00 bits per heavy atom. The van der Waals surface area contributed by atoms with Crippen LogP contribution in [0.25, 0.3) is 0 Å². The summed E-state index contributed by atoms with van der Waals surface area (Å²) in [6.07, 6.45) is 5.39. The van der Waals surface area contributed by atoms with E-state index in [-0.39, 0.29) is 0 Å². The third kappa shape index (κ3) is 4.05. The standard InChI is InChI=1S/C15H27N3O/c1-12(15-13(2)17-19-14(15)3)16-8-7-11-18-9-5-4-6-10-18/h12,16H,4-11H2,1-3H3/t12-/m0/s1. The Morgan fingerprint density at radius 1 is 1.26 bits per heavy atom. The lowest BCUT2D eigenvalue weighted by Crippen LogP contribution is -2.32. The fourth-order valence-corrected chi connectivity index (χ4v) is 3.01. The van der Waals surface area contributed by atoms with Gasteiger partial charge in [0.2, 0.25) is 0 Å². The van der Waals surface area contributed by atoms with Gasteiger partial charge in [-0.1, -0.05) is 11.6 Å². The van der Waals surface area contributed by atoms with Crippen molar-refractivity contribution in [1.82, 2.24) is 15.4 Å². The molecule has 1 N–H and O–H groups in total. The maximum Gasteiger partial charge on any atom is 0.138 e. The highest BCUT2D eigenvalue weighted by Gasteiger charge is 2.15. The summed E-state index contributed by atoms with van der Waals surface area (Å²) in [6, 6.07) is 0.326. The van der Waals surface area contributed by atoms with Crippen molar-refractivity contribution >= 4 is 0 Å². The Balaban J connectivity index is 1.68. The molecule has 0 spiro atoms. The van der Waals surface area contributed by atoms with Crippen LogP contribution in [0.2, 0.25) is 0 Å². The predicted molar refractivity (Wildman–Crippen MR) is 77.3 cm³/mol. The maximum absolute atomic E-state index is 5.22. The van der Waals surface area contributed by atoms with E-state index < -0.39 is 0 Å². The second-order valence-corrected chi connectivity index (χ2v) is 5.67. The van der Waals surface area contributed by atoms with Crippen molar-refractivity contribution < 1.29 is 4.52 Å². The molecule has 1 aliphatic heterocycles. The van der Waals surface area contributed by atoms with Crippen LogP contribution in [-0.4, -0.2) is 36.2 Å². The predicted octanol–water partition coefficient (Wildman–Crippen LogP) is 2.82. The van der Waals surface area contributed by atoms with Crippen molar-refractivity contribution in [3.05, 3.63) is 17.0 Å². The van der Waals surface area contributed by atoms with E-state index >= 15 is 0 Å². The van der Waals surface area contributed by atoms with Gasteiger partial charge >= 0.3 is 0 Å². The number of aryl methyl sites for hydroxylation is 2. The molecule has 1 aromatic heterocycles. The number of piperidine rings is 1. The average Bonchev–Trinajstić information content (AvgIpc) is 2.75. The first-order chi connectivity index (χ1) is 9.18. The average molecular weight is 265 g/mol. The number of hydrogen-bond donors (Lipinski definition) is 1. The lowest BCUT2D eigenvalue weighted by atomic mass is 10.1. The molecule has 2 rings (SSSR count). The quantitative estimate of drug-likeness (QED) is 0.803. The maximum atomic E-state index is 5.22. The summed E-state index contributed by atoms with van der Waals surface area (Å²) in [4.78, 5) is 2.59. The summed E-state index contributed by atoms with van der Waals surface area (Å²) in [5.41, 5.74) is 2.23. The van der Waals surface area contributed by atoms with E-state index in [0.717, 1.165) is 18.0 Å². The molecule has 0 radical (unpaired) electrons. The Hall–Kier alpha value is -0.870. The van der Waals surface area contributed by atoms with Gasteiger partial charge in [0.15, 0.2) is 0 Å². The van der Waals surface area contributed by atoms with Crippen molar-refractivity contribution in [2.45, 2.75) is 52.5 Å². The molecule has 1 saturated heterocycles. The minimum Gasteiger partial charge on any atom is -0.361 e. The summed E-state index contributed by atoms with van der Waals surface area (Å²) < 4.78 is 5.22. The largest absolute Gasteiger partial charge is 0.361 e. The van der Waals surface area contributed by atoms with Gasteiger partial charge < -0.3 is 14.7 Å². The molecule has 0 aliphatic carbocycles. The van der Waals surface area contributed by atoms with Crippen LogP contribution in [-0.2, 0) is 0 Å². The second-order valence-electron chi connectivity index (χ2n) is 5.67. The first-order valence-corrected chi connectivity index (χ1v) is 7.57. The van der Waals surface area contributed by atoms with Gasteiger partial charge in [0.25, 0.3) is 0 Å². The molecule has 19 heavy (non-hydrogen) atoms. The van der Waals surface area contributed by atoms with Crippen LogP contribution in [0.1, 0.15) is 55.7 Å². The van der Waals surface area contributed by atoms with E-state index in [9.17, 15) is 0 Å². The molecule has 1 aromatic rings. The van der Waals surface area contributed by atoms with Gasteiger partial charge in [0, 0.05) is 11.6 Å². The molecule has 0 amide bonds. The molecule has 1 atom stereocenters. The number of nitrogens with one attached hydrogen (secondary N) is 1. The molecular weight excluding hydrogens is 238 g/mol. The fourth-order valence-electron chi connectivity index (χ4n) is 3.01. The molecule has 1 fully saturated rings. The molecule has 108 valence electrons. The molecule has 0 unspecified atom stereocenters. The number of hydrogen-bond acceptors (Lipinski definition) is 4. The summed E-state index contributed by atoms with van der Waals surface area (Å²) >= 11 is 0. The normalized spacial score (nSPS) is 18.7. The minimum atomic E-state index is 0.326. The van der Waals surface area contributed by atoms with Crippen molar-refractivity contribution in [3.8, 4) is 0 Å². The molecule has 4 nitrogen and oxygen atoms in total. The summed E-state index contributed by atoms with van der Waals surface area (Å²) in [5.74, 6) is 0.938. The van der Waals surface area contributed by atoms with Crippen LogP contribution in [0.5, 0.6) is 0 Å². The van der Waals surface area contributed by atoms with Crippen molar-refractivity contribution in [1.29, 1.82) is 0 Å². The lowest BCUT2D eigenvalue weighted by molar-refractivity contribution is 0.225. The summed E-state index contributed by atoms with van der Waals surface area (Å²) in [5, 5.41) is 7.60. The fraction of sp³-hybridized carbons (Fsp3) is 0.800. The summed E-state index contributed by atoms with van der Waals surface area (Å²) in [6.45, 7) is 11.0. The van der Waals surface area contributed by atoms with Crippen LogP contribution in [0.3, 0.4) is 0 Å². The molecule has 4 heteroatoms. The zero-order valence-corrected chi connectivity index (χ0v) is 12.5. The number of nitrogens with zero attached hydrogens (tertiary/aromatic N) is 2. The van der Waals surface area contributed by atoms with Crippen LogP contribution in [0, 0.1) is 13.8 Å². The van der Waals surface area contributed by atoms with Crippen molar-refractivity contribution in [3.63, 3.8) is 0 Å². The topological polar surface area (TPSA) is 41.3 Å². The zero-order chi connectivity index (χ0) is 13.7. The minimum absolute atomic E-state index is 0.326. The van der Waals surface area contributed by atoms with Gasteiger partial charge in [-0.15, -0.1) is 0 Å². The van der Waals surface area contributed by atoms with Gasteiger partial charge in [-0.05, 0) is 66.2 Å². The monoisotopic (exact) mass is 265 g/mol. The Morgan fingerprint density at radius 3 is 2.63 bits per heavy atom. The van der Waals surface area contributed by atoms with Crippen molar-refractivity contribution in [2.75, 3.05) is 26.2 Å². The third-order valence-electron chi connectivity index (χ3n) is 4.07. The first kappa shape index (κ1) is 14.5. The van der Waals surface area contributed by atoms with Crippen LogP contribution in [0.15, 0.2) is 4.52 Å². The Kier molecular flexibility index (Phi) is 5.40. The highest BCUT2D eigenvalue weighted by Crippen LogP contribution is 2.20. The molecular formula is C15H27N3O. The lowest BCUT2D eigenvalue weighted by Gasteiger charge is -2.26. The van der Waals surface area contributed by atoms with Crippen LogP contribution in [0.4, 0.5) is 0 Å². The van der Waals surface area contributed by atoms with E-state index in [1.807, 2.05) is 13.8 Å². The zero-order valence-electron chi connectivity index (χ0n) is 12.5. The SMILES string of the molecule is Cc1noc(C)c1[C@H](C)NCCCN1CCCCC1. The second kappa shape index (κ2) is 7.06. The molecule has 1 aliphatic rings. The van der Waals surface area contributed by atoms with Gasteiger partial charge in [-0.3, -0.25) is 0 Å². The highest BCUT2D eigenvalue weighted by atomic mass is 16.5. The van der Waals surface area contributed by atoms with Crippen LogP contribution < -0.4 is 5.32 Å². The van der Waals surface area contributed by atoms with Crippen molar-refractivity contribution in [2.24, 2.45) is 0 Å². The van der Waals surface area contributed by atoms with E-state index in [0.29, 0.717) is 6.04 Å². The smallest absolute Gasteiger partial charge is 0.138 e. The Bertz CT molecular complexity index is 363. The molecule has 0 aromatic carbocycles. The van der Waals surface area contributed by atoms with Gasteiger partial charge in [0.1, 0.15) is 5.76 Å². The van der Waals surface area contributed by atoms with E-state index in [4.69, 9.17) is 4.52 Å². The molecule has 0 saturated carbocycles. The van der Waals surface area contributed by atoms with Crippen LogP contribution >= 0.6 is 0 Å². The summed E-state index contributed by atoms with van der Waals surface area (Å²) in [7, 11) is 0. The first-order valence-electron chi connectivity index (χ1n) is 7.57. The van der Waals surface area contributed by atoms with E-state index in [1.54, 1.807) is 0 Å². The third-order valence-corrected chi connectivity index (χ3v) is 4.07. The number of likely N-dealkylation sites (tertiary alicyclic amines) is 1. The van der Waals surface area contributed by atoms with Gasteiger partial charge in [-0.25, -0.2) is 0 Å². The number of rotatable bonds is 6. The van der Waals surface area contributed by atoms with Gasteiger partial charge in [0.05, 0.1) is 5.69 Å². The molecule has 2 heterocycles. The van der Waals surface area contributed by atoms with E-state index in [1.165, 1.54) is 50.9 Å². The number of aromatic nitrogens is 1.